The van der Waals surface area contributed by atoms with E-state index in [0.717, 1.165) is 0 Å². The summed E-state index contributed by atoms with van der Waals surface area (Å²) in [5, 5.41) is 0. The van der Waals surface area contributed by atoms with E-state index in [9.17, 15) is 13.6 Å². The zero-order valence-corrected chi connectivity index (χ0v) is 14.4. The number of hydrogen-bond donors (Lipinski definition) is 0. The van der Waals surface area contributed by atoms with E-state index in [1.807, 2.05) is 0 Å². The third kappa shape index (κ3) is 4.41. The molecule has 0 amide bonds. The number of benzene rings is 2. The highest BCUT2D eigenvalue weighted by Crippen LogP contribution is 2.26. The standard InChI is InChI=1S/C19H15F2NO5/c1-24-14-8-12(9-15(10-14)25-2)17-22-16(18(23)27-17)7-11-3-5-13(6-4-11)26-19(20)21/h3-10,19H,1-2H3. The van der Waals surface area contributed by atoms with Crippen molar-refractivity contribution in [1.29, 1.82) is 0 Å². The Labute approximate surface area is 153 Å². The van der Waals surface area contributed by atoms with Gasteiger partial charge in [0.05, 0.1) is 14.2 Å². The third-order valence-electron chi connectivity index (χ3n) is 3.63. The number of rotatable bonds is 6. The molecule has 0 bridgehead atoms. The molecule has 0 fully saturated rings. The van der Waals surface area contributed by atoms with E-state index in [4.69, 9.17) is 14.2 Å². The van der Waals surface area contributed by atoms with Crippen molar-refractivity contribution in [3.63, 3.8) is 0 Å². The van der Waals surface area contributed by atoms with Gasteiger partial charge in [0.2, 0.25) is 5.90 Å². The van der Waals surface area contributed by atoms with E-state index >= 15 is 0 Å². The summed E-state index contributed by atoms with van der Waals surface area (Å²) in [6.45, 7) is -2.90. The normalized spacial score (nSPS) is 14.9. The Kier molecular flexibility index (Phi) is 5.35. The predicted molar refractivity (Wildman–Crippen MR) is 93.2 cm³/mol. The topological polar surface area (TPSA) is 66.3 Å². The van der Waals surface area contributed by atoms with Crippen LogP contribution in [0.15, 0.2) is 53.2 Å². The van der Waals surface area contributed by atoms with Crippen molar-refractivity contribution in [2.45, 2.75) is 6.61 Å². The molecule has 0 atom stereocenters. The monoisotopic (exact) mass is 375 g/mol. The lowest BCUT2D eigenvalue weighted by Crippen LogP contribution is -2.06. The van der Waals surface area contributed by atoms with Gasteiger partial charge in [-0.25, -0.2) is 9.79 Å². The van der Waals surface area contributed by atoms with Crippen LogP contribution < -0.4 is 14.2 Å². The highest BCUT2D eigenvalue weighted by atomic mass is 19.3. The van der Waals surface area contributed by atoms with Crippen LogP contribution in [0.2, 0.25) is 0 Å². The Morgan fingerprint density at radius 2 is 1.63 bits per heavy atom. The van der Waals surface area contributed by atoms with Crippen molar-refractivity contribution >= 4 is 17.9 Å². The number of esters is 1. The molecule has 3 rings (SSSR count). The van der Waals surface area contributed by atoms with Crippen LogP contribution >= 0.6 is 0 Å². The van der Waals surface area contributed by atoms with E-state index in [0.29, 0.717) is 22.6 Å². The molecule has 2 aromatic rings. The van der Waals surface area contributed by atoms with Gasteiger partial charge in [-0.15, -0.1) is 0 Å². The van der Waals surface area contributed by atoms with Crippen LogP contribution in [-0.2, 0) is 9.53 Å². The molecule has 0 radical (unpaired) electrons. The fourth-order valence-corrected chi connectivity index (χ4v) is 2.37. The maximum atomic E-state index is 12.2. The van der Waals surface area contributed by atoms with Gasteiger partial charge in [0, 0.05) is 11.6 Å². The van der Waals surface area contributed by atoms with E-state index < -0.39 is 12.6 Å². The number of methoxy groups -OCH3 is 2. The maximum absolute atomic E-state index is 12.2. The molecule has 0 spiro atoms. The van der Waals surface area contributed by atoms with Gasteiger partial charge < -0.3 is 18.9 Å². The fourth-order valence-electron chi connectivity index (χ4n) is 2.37. The summed E-state index contributed by atoms with van der Waals surface area (Å²) in [7, 11) is 3.02. The van der Waals surface area contributed by atoms with Crippen LogP contribution in [-0.4, -0.2) is 32.7 Å². The van der Waals surface area contributed by atoms with E-state index in [2.05, 4.69) is 9.73 Å². The molecule has 2 aromatic carbocycles. The number of ether oxygens (including phenoxy) is 4. The Balaban J connectivity index is 1.87. The first-order chi connectivity index (χ1) is 13.0. The predicted octanol–water partition coefficient (Wildman–Crippen LogP) is 3.65. The average Bonchev–Trinajstić information content (AvgIpc) is 3.03. The minimum atomic E-state index is -2.90. The quantitative estimate of drug-likeness (QED) is 0.570. The number of aliphatic imine (C=N–C) groups is 1. The molecule has 0 unspecified atom stereocenters. The van der Waals surface area contributed by atoms with Crippen LogP contribution in [0, 0.1) is 0 Å². The molecule has 140 valence electrons. The first-order valence-corrected chi connectivity index (χ1v) is 7.79. The zero-order valence-electron chi connectivity index (χ0n) is 14.4. The molecule has 0 aromatic heterocycles. The number of cyclic esters (lactones) is 1. The minimum Gasteiger partial charge on any atom is -0.497 e. The van der Waals surface area contributed by atoms with Crippen LogP contribution in [0.4, 0.5) is 8.78 Å². The van der Waals surface area contributed by atoms with E-state index in [1.165, 1.54) is 44.6 Å². The van der Waals surface area contributed by atoms with Gasteiger partial charge in [-0.1, -0.05) is 12.1 Å². The summed E-state index contributed by atoms with van der Waals surface area (Å²) < 4.78 is 44.2. The number of carbonyl (C=O) groups is 1. The van der Waals surface area contributed by atoms with Crippen molar-refractivity contribution < 1.29 is 32.5 Å². The van der Waals surface area contributed by atoms with E-state index in [1.54, 1.807) is 18.2 Å². The van der Waals surface area contributed by atoms with Crippen LogP contribution in [0.5, 0.6) is 17.2 Å². The largest absolute Gasteiger partial charge is 0.497 e. The summed E-state index contributed by atoms with van der Waals surface area (Å²) in [5.74, 6) is 0.555. The zero-order chi connectivity index (χ0) is 19.4. The lowest BCUT2D eigenvalue weighted by molar-refractivity contribution is -0.129. The highest BCUT2D eigenvalue weighted by molar-refractivity contribution is 6.13. The van der Waals surface area contributed by atoms with Gasteiger partial charge >= 0.3 is 12.6 Å². The highest BCUT2D eigenvalue weighted by Gasteiger charge is 2.25. The van der Waals surface area contributed by atoms with Crippen molar-refractivity contribution in [3.05, 3.63) is 59.3 Å². The number of nitrogens with zero attached hydrogens (tertiary/aromatic N) is 1. The number of hydrogen-bond acceptors (Lipinski definition) is 6. The Morgan fingerprint density at radius 3 is 2.19 bits per heavy atom. The van der Waals surface area contributed by atoms with Gasteiger partial charge in [-0.05, 0) is 35.9 Å². The SMILES string of the molecule is COc1cc(OC)cc(C2=NC(=Cc3ccc(OC(F)F)cc3)C(=O)O2)c1. The summed E-state index contributed by atoms with van der Waals surface area (Å²) in [4.78, 5) is 16.3. The number of alkyl halides is 2. The lowest BCUT2D eigenvalue weighted by Gasteiger charge is -2.07. The Morgan fingerprint density at radius 1 is 1.00 bits per heavy atom. The average molecular weight is 375 g/mol. The van der Waals surface area contributed by atoms with Gasteiger partial charge in [0.25, 0.3) is 0 Å². The van der Waals surface area contributed by atoms with Gasteiger partial charge in [0.1, 0.15) is 17.2 Å². The van der Waals surface area contributed by atoms with Crippen molar-refractivity contribution in [3.8, 4) is 17.2 Å². The lowest BCUT2D eigenvalue weighted by atomic mass is 10.2. The van der Waals surface area contributed by atoms with Gasteiger partial charge in [0.15, 0.2) is 5.70 Å². The second-order valence-corrected chi connectivity index (χ2v) is 5.38. The van der Waals surface area contributed by atoms with Crippen molar-refractivity contribution in [2.24, 2.45) is 4.99 Å². The van der Waals surface area contributed by atoms with Crippen LogP contribution in [0.25, 0.3) is 6.08 Å². The second kappa shape index (κ2) is 7.86. The molecule has 8 heteroatoms. The molecule has 1 heterocycles. The molecule has 1 aliphatic heterocycles. The smallest absolute Gasteiger partial charge is 0.387 e. The second-order valence-electron chi connectivity index (χ2n) is 5.38. The fraction of sp³-hybridized carbons (Fsp3) is 0.158. The Hall–Kier alpha value is -3.42. The molecule has 0 saturated heterocycles. The molecule has 0 aliphatic carbocycles. The summed E-state index contributed by atoms with van der Waals surface area (Å²) in [6.07, 6.45) is 1.49. The van der Waals surface area contributed by atoms with Crippen molar-refractivity contribution in [1.82, 2.24) is 0 Å². The summed E-state index contributed by atoms with van der Waals surface area (Å²) >= 11 is 0. The molecule has 27 heavy (non-hydrogen) atoms. The van der Waals surface area contributed by atoms with Crippen LogP contribution in [0.3, 0.4) is 0 Å². The molecule has 6 nitrogen and oxygen atoms in total. The molecule has 1 aliphatic rings. The molecular formula is C19H15F2NO5. The number of carbonyl (C=O) groups excluding carboxylic acids is 1. The summed E-state index contributed by atoms with van der Waals surface area (Å²) in [5.41, 5.74) is 1.18. The molecule has 0 saturated carbocycles. The first-order valence-electron chi connectivity index (χ1n) is 7.79. The van der Waals surface area contributed by atoms with Gasteiger partial charge in [-0.3, -0.25) is 0 Å². The summed E-state index contributed by atoms with van der Waals surface area (Å²) in [6, 6.07) is 10.8. The maximum Gasteiger partial charge on any atom is 0.387 e. The minimum absolute atomic E-state index is 0.0221. The van der Waals surface area contributed by atoms with E-state index in [-0.39, 0.29) is 17.3 Å². The van der Waals surface area contributed by atoms with Gasteiger partial charge in [-0.2, -0.15) is 8.78 Å². The third-order valence-corrected chi connectivity index (χ3v) is 3.63. The number of halogens is 2. The molecule has 0 N–H and O–H groups in total. The van der Waals surface area contributed by atoms with Crippen molar-refractivity contribution in [2.75, 3.05) is 14.2 Å². The Bertz CT molecular complexity index is 885. The molecular weight excluding hydrogens is 360 g/mol. The first kappa shape index (κ1) is 18.4. The van der Waals surface area contributed by atoms with Crippen LogP contribution in [0.1, 0.15) is 11.1 Å².